The number of hydrogen-bond donors (Lipinski definition) is 0. The zero-order chi connectivity index (χ0) is 12.4. The Bertz CT molecular complexity index is 465. The molecule has 0 aliphatic carbocycles. The molecule has 1 aliphatic heterocycles. The molecule has 0 unspecified atom stereocenters. The van der Waals surface area contributed by atoms with Gasteiger partial charge in [-0.2, -0.15) is 0 Å². The van der Waals surface area contributed by atoms with Crippen molar-refractivity contribution in [2.45, 2.75) is 13.3 Å². The number of ketones is 1. The summed E-state index contributed by atoms with van der Waals surface area (Å²) in [6.45, 7) is 1.78. The number of amides is 2. The van der Waals surface area contributed by atoms with Gasteiger partial charge in [-0.3, -0.25) is 19.3 Å². The minimum Gasteiger partial charge on any atom is -0.291 e. The van der Waals surface area contributed by atoms with E-state index in [4.69, 9.17) is 0 Å². The molecule has 0 aromatic carbocycles. The van der Waals surface area contributed by atoms with Crippen LogP contribution in [0.3, 0.4) is 0 Å². The number of hydrogen-bond acceptors (Lipinski definition) is 5. The van der Waals surface area contributed by atoms with E-state index >= 15 is 0 Å². The van der Waals surface area contributed by atoms with E-state index in [0.717, 1.165) is 21.5 Å². The molecule has 0 atom stereocenters. The van der Waals surface area contributed by atoms with E-state index in [-0.39, 0.29) is 23.5 Å². The molecule has 0 saturated carbocycles. The van der Waals surface area contributed by atoms with Crippen LogP contribution in [0.2, 0.25) is 0 Å². The molecule has 0 spiro atoms. The Balaban J connectivity index is 2.07. The Morgan fingerprint density at radius 1 is 1.41 bits per heavy atom. The Labute approximate surface area is 107 Å². The minimum absolute atomic E-state index is 0.134. The highest BCUT2D eigenvalue weighted by Crippen LogP contribution is 2.20. The number of carbonyl (C=O) groups is 3. The van der Waals surface area contributed by atoms with Crippen LogP contribution in [-0.2, 0) is 4.79 Å². The maximum Gasteiger partial charge on any atom is 0.288 e. The van der Waals surface area contributed by atoms with Crippen molar-refractivity contribution in [2.24, 2.45) is 0 Å². The summed E-state index contributed by atoms with van der Waals surface area (Å²) in [5, 5.41) is -0.317. The third kappa shape index (κ3) is 2.76. The lowest BCUT2D eigenvalue weighted by molar-refractivity contribution is -0.127. The van der Waals surface area contributed by atoms with Crippen LogP contribution in [0.1, 0.15) is 21.0 Å². The number of nitrogens with zero attached hydrogens (tertiary/aromatic N) is 1. The van der Waals surface area contributed by atoms with Crippen LogP contribution >= 0.6 is 23.1 Å². The summed E-state index contributed by atoms with van der Waals surface area (Å²) in [5.41, 5.74) is 0. The van der Waals surface area contributed by atoms with Crippen LogP contribution in [0.15, 0.2) is 12.1 Å². The summed E-state index contributed by atoms with van der Waals surface area (Å²) in [7, 11) is 0. The fourth-order valence-corrected chi connectivity index (χ4v) is 3.07. The Morgan fingerprint density at radius 3 is 2.76 bits per heavy atom. The van der Waals surface area contributed by atoms with E-state index in [1.807, 2.05) is 13.0 Å². The molecule has 1 aromatic heterocycles. The number of carbonyl (C=O) groups excluding carboxylic acids is 3. The highest BCUT2D eigenvalue weighted by atomic mass is 32.2. The van der Waals surface area contributed by atoms with Gasteiger partial charge >= 0.3 is 0 Å². The van der Waals surface area contributed by atoms with Crippen LogP contribution in [0.5, 0.6) is 0 Å². The van der Waals surface area contributed by atoms with Crippen LogP contribution in [0.4, 0.5) is 4.79 Å². The van der Waals surface area contributed by atoms with Crippen molar-refractivity contribution < 1.29 is 14.4 Å². The Morgan fingerprint density at radius 2 is 2.18 bits per heavy atom. The van der Waals surface area contributed by atoms with Crippen LogP contribution < -0.4 is 0 Å². The van der Waals surface area contributed by atoms with Crippen molar-refractivity contribution in [3.05, 3.63) is 21.9 Å². The van der Waals surface area contributed by atoms with Gasteiger partial charge in [0.25, 0.3) is 5.24 Å². The first-order valence-corrected chi connectivity index (χ1v) is 6.95. The maximum absolute atomic E-state index is 11.9. The number of thiophene rings is 1. The zero-order valence-corrected chi connectivity index (χ0v) is 10.9. The Hall–Kier alpha value is -1.14. The lowest BCUT2D eigenvalue weighted by Gasteiger charge is -2.22. The zero-order valence-electron chi connectivity index (χ0n) is 9.26. The van der Waals surface area contributed by atoms with Gasteiger partial charge in [0.1, 0.15) is 0 Å². The van der Waals surface area contributed by atoms with Crippen LogP contribution in [0.25, 0.3) is 0 Å². The molecule has 1 aromatic rings. The van der Waals surface area contributed by atoms with Gasteiger partial charge in [-0.1, -0.05) is 11.8 Å². The second kappa shape index (κ2) is 5.01. The largest absolute Gasteiger partial charge is 0.291 e. The fourth-order valence-electron chi connectivity index (χ4n) is 1.50. The third-order valence-electron chi connectivity index (χ3n) is 2.38. The number of imide groups is 1. The second-order valence-electron chi connectivity index (χ2n) is 3.68. The molecule has 17 heavy (non-hydrogen) atoms. The van der Waals surface area contributed by atoms with Crippen molar-refractivity contribution >= 4 is 40.0 Å². The monoisotopic (exact) mass is 269 g/mol. The highest BCUT2D eigenvalue weighted by molar-refractivity contribution is 8.13. The molecule has 1 saturated heterocycles. The number of rotatable bonds is 3. The summed E-state index contributed by atoms with van der Waals surface area (Å²) >= 11 is 2.47. The summed E-state index contributed by atoms with van der Waals surface area (Å²) in [6.07, 6.45) is 0.327. The smallest absolute Gasteiger partial charge is 0.288 e. The Kier molecular flexibility index (Phi) is 3.63. The van der Waals surface area contributed by atoms with Crippen molar-refractivity contribution in [3.8, 4) is 0 Å². The number of Topliss-reactive ketones (excluding diaryl/α,β-unsaturated/α-hetero) is 1. The van der Waals surface area contributed by atoms with Gasteiger partial charge in [0, 0.05) is 17.1 Å². The normalized spacial score (nSPS) is 16.4. The van der Waals surface area contributed by atoms with E-state index in [1.165, 1.54) is 11.3 Å². The molecule has 6 heteroatoms. The summed E-state index contributed by atoms with van der Waals surface area (Å²) in [5.74, 6) is 0.0863. The van der Waals surface area contributed by atoms with E-state index in [1.54, 1.807) is 6.07 Å². The molecule has 0 N–H and O–H groups in total. The molecular weight excluding hydrogens is 258 g/mol. The van der Waals surface area contributed by atoms with Crippen molar-refractivity contribution in [1.82, 2.24) is 4.90 Å². The van der Waals surface area contributed by atoms with Gasteiger partial charge in [0.15, 0.2) is 5.78 Å². The first-order valence-electron chi connectivity index (χ1n) is 5.14. The van der Waals surface area contributed by atoms with E-state index in [0.29, 0.717) is 17.1 Å². The van der Waals surface area contributed by atoms with Crippen LogP contribution in [0, 0.1) is 6.92 Å². The molecular formula is C11H11NO3S2. The molecule has 2 heterocycles. The quantitative estimate of drug-likeness (QED) is 0.790. The van der Waals surface area contributed by atoms with Gasteiger partial charge in [-0.05, 0) is 19.1 Å². The molecule has 1 fully saturated rings. The van der Waals surface area contributed by atoms with Crippen molar-refractivity contribution in [1.29, 1.82) is 0 Å². The lowest BCUT2D eigenvalue weighted by Crippen LogP contribution is -2.41. The summed E-state index contributed by atoms with van der Waals surface area (Å²) in [4.78, 5) is 37.6. The molecule has 4 nitrogen and oxygen atoms in total. The molecule has 90 valence electrons. The molecule has 0 bridgehead atoms. The summed E-state index contributed by atoms with van der Waals surface area (Å²) < 4.78 is 0. The number of aryl methyl sites for hydroxylation is 1. The van der Waals surface area contributed by atoms with E-state index in [2.05, 4.69) is 0 Å². The topological polar surface area (TPSA) is 54.5 Å². The maximum atomic E-state index is 11.9. The van der Waals surface area contributed by atoms with Gasteiger partial charge in [-0.25, -0.2) is 0 Å². The average molecular weight is 269 g/mol. The number of thioether (sulfide) groups is 1. The van der Waals surface area contributed by atoms with Gasteiger partial charge < -0.3 is 0 Å². The average Bonchev–Trinajstić information content (AvgIpc) is 2.70. The highest BCUT2D eigenvalue weighted by Gasteiger charge is 2.28. The van der Waals surface area contributed by atoms with Crippen LogP contribution in [-0.4, -0.2) is 34.1 Å². The standard InChI is InChI=1S/C11H11NO3S2/c1-7-2-3-9(17-7)8(13)6-12-10(14)4-5-16-11(12)15/h2-3H,4-6H2,1H3. The third-order valence-corrected chi connectivity index (χ3v) is 4.30. The SMILES string of the molecule is Cc1ccc(C(=O)CN2C(=O)CCSC2=O)s1. The second-order valence-corrected chi connectivity index (χ2v) is 6.01. The van der Waals surface area contributed by atoms with Crippen molar-refractivity contribution in [3.63, 3.8) is 0 Å². The predicted octanol–water partition coefficient (Wildman–Crippen LogP) is 2.32. The predicted molar refractivity (Wildman–Crippen MR) is 67.6 cm³/mol. The van der Waals surface area contributed by atoms with E-state index < -0.39 is 0 Å². The molecule has 0 radical (unpaired) electrons. The summed E-state index contributed by atoms with van der Waals surface area (Å²) in [6, 6.07) is 3.58. The first kappa shape index (κ1) is 12.3. The molecule has 1 aliphatic rings. The van der Waals surface area contributed by atoms with Gasteiger partial charge in [0.05, 0.1) is 11.4 Å². The minimum atomic E-state index is -0.317. The van der Waals surface area contributed by atoms with Crippen molar-refractivity contribution in [2.75, 3.05) is 12.3 Å². The van der Waals surface area contributed by atoms with E-state index in [9.17, 15) is 14.4 Å². The fraction of sp³-hybridized carbons (Fsp3) is 0.364. The lowest BCUT2D eigenvalue weighted by atomic mass is 10.3. The molecule has 2 rings (SSSR count). The molecule has 2 amide bonds. The van der Waals surface area contributed by atoms with Gasteiger partial charge in [-0.15, -0.1) is 11.3 Å². The first-order chi connectivity index (χ1) is 8.08. The van der Waals surface area contributed by atoms with Gasteiger partial charge in [0.2, 0.25) is 5.91 Å².